The summed E-state index contributed by atoms with van der Waals surface area (Å²) in [6.45, 7) is 2.36. The number of nitrogens with zero attached hydrogens (tertiary/aromatic N) is 2. The van der Waals surface area contributed by atoms with Crippen LogP contribution in [-0.2, 0) is 14.3 Å². The largest absolute Gasteiger partial charge is 0.495 e. The summed E-state index contributed by atoms with van der Waals surface area (Å²) in [4.78, 5) is 43.0. The third kappa shape index (κ3) is 8.00. The van der Waals surface area contributed by atoms with Crippen LogP contribution in [0.15, 0.2) is 52.4 Å². The first kappa shape index (κ1) is 33.1. The average molecular weight is 639 g/mol. The summed E-state index contributed by atoms with van der Waals surface area (Å²) in [6, 6.07) is 4.09. The smallest absolute Gasteiger partial charge is 0.422 e. The van der Waals surface area contributed by atoms with Crippen LogP contribution in [0.1, 0.15) is 45.6 Å². The number of nitrogens with one attached hydrogen (secondary N) is 1. The molecule has 10 nitrogen and oxygen atoms in total. The van der Waals surface area contributed by atoms with Crippen molar-refractivity contribution in [1.82, 2.24) is 9.88 Å². The number of hydrogen-bond acceptors (Lipinski definition) is 7. The van der Waals surface area contributed by atoms with E-state index in [-0.39, 0.29) is 58.5 Å². The van der Waals surface area contributed by atoms with Gasteiger partial charge in [0.15, 0.2) is 6.61 Å². The Hall–Kier alpha value is -3.84. The van der Waals surface area contributed by atoms with E-state index >= 15 is 0 Å². The molecule has 1 aliphatic heterocycles. The number of dihydropyridines is 1. The van der Waals surface area contributed by atoms with Crippen molar-refractivity contribution in [3.05, 3.63) is 58.0 Å². The van der Waals surface area contributed by atoms with Gasteiger partial charge in [0.05, 0.1) is 31.0 Å². The van der Waals surface area contributed by atoms with Crippen molar-refractivity contribution in [3.63, 3.8) is 0 Å². The SMILES string of the molecule is COc1cn(C(CCOC2(C)CCC2)C(=O)NC2(C)C=CC(C(N)=O)=NC2)c(=O)cc1-c1cc(Cl)ccc1OCC(F)(F)F. The molecule has 0 radical (unpaired) electrons. The normalized spacial score (nSPS) is 19.8. The second-order valence-electron chi connectivity index (χ2n) is 11.3. The first-order valence-corrected chi connectivity index (χ1v) is 14.3. The first-order valence-electron chi connectivity index (χ1n) is 13.9. The molecular weight excluding hydrogens is 605 g/mol. The number of aromatic nitrogens is 1. The maximum absolute atomic E-state index is 13.8. The molecule has 2 unspecified atom stereocenters. The number of amides is 2. The number of primary amides is 1. The lowest BCUT2D eigenvalue weighted by Crippen LogP contribution is -2.52. The molecule has 3 N–H and O–H groups in total. The molecule has 1 saturated carbocycles. The molecule has 1 aromatic carbocycles. The Labute approximate surface area is 257 Å². The number of benzene rings is 1. The van der Waals surface area contributed by atoms with Crippen LogP contribution >= 0.6 is 11.6 Å². The van der Waals surface area contributed by atoms with Crippen molar-refractivity contribution in [1.29, 1.82) is 0 Å². The maximum Gasteiger partial charge on any atom is 0.422 e. The minimum atomic E-state index is -4.60. The van der Waals surface area contributed by atoms with Gasteiger partial charge in [-0.25, -0.2) is 0 Å². The summed E-state index contributed by atoms with van der Waals surface area (Å²) in [5.41, 5.74) is 3.70. The van der Waals surface area contributed by atoms with Crippen molar-refractivity contribution >= 4 is 29.1 Å². The first-order chi connectivity index (χ1) is 20.6. The Morgan fingerprint density at radius 2 is 1.89 bits per heavy atom. The molecule has 0 saturated heterocycles. The zero-order valence-electron chi connectivity index (χ0n) is 24.5. The van der Waals surface area contributed by atoms with Crippen molar-refractivity contribution in [2.24, 2.45) is 10.7 Å². The molecule has 2 atom stereocenters. The molecule has 2 amide bonds. The van der Waals surface area contributed by atoms with Crippen molar-refractivity contribution in [2.75, 3.05) is 26.9 Å². The van der Waals surface area contributed by atoms with Crippen molar-refractivity contribution < 1.29 is 37.0 Å². The second-order valence-corrected chi connectivity index (χ2v) is 11.7. The number of alkyl halides is 3. The summed E-state index contributed by atoms with van der Waals surface area (Å²) in [7, 11) is 1.33. The number of rotatable bonds is 12. The van der Waals surface area contributed by atoms with Gasteiger partial charge in [-0.2, -0.15) is 13.2 Å². The van der Waals surface area contributed by atoms with E-state index in [1.54, 1.807) is 13.0 Å². The predicted octanol–water partition coefficient (Wildman–Crippen LogP) is 4.38. The van der Waals surface area contributed by atoms with Crippen molar-refractivity contribution in [3.8, 4) is 22.6 Å². The van der Waals surface area contributed by atoms with Crippen LogP contribution in [0.2, 0.25) is 5.02 Å². The van der Waals surface area contributed by atoms with Gasteiger partial charge in [0.2, 0.25) is 5.91 Å². The highest BCUT2D eigenvalue weighted by molar-refractivity contribution is 6.43. The summed E-state index contributed by atoms with van der Waals surface area (Å²) < 4.78 is 56.6. The molecule has 0 spiro atoms. The number of carbonyl (C=O) groups excluding carboxylic acids is 2. The third-order valence-electron chi connectivity index (χ3n) is 7.63. The number of methoxy groups -OCH3 is 1. The predicted molar refractivity (Wildman–Crippen MR) is 158 cm³/mol. The summed E-state index contributed by atoms with van der Waals surface area (Å²) in [5, 5.41) is 3.10. The lowest BCUT2D eigenvalue weighted by atomic mass is 9.82. The molecule has 2 aromatic rings. The minimum Gasteiger partial charge on any atom is -0.495 e. The highest BCUT2D eigenvalue weighted by Crippen LogP contribution is 2.39. The Bertz CT molecular complexity index is 1540. The van der Waals surface area contributed by atoms with Gasteiger partial charge in [-0.05, 0) is 57.4 Å². The summed E-state index contributed by atoms with van der Waals surface area (Å²) in [6.07, 6.45) is 2.68. The monoisotopic (exact) mass is 638 g/mol. The van der Waals surface area contributed by atoms with Crippen LogP contribution in [0.5, 0.6) is 11.5 Å². The lowest BCUT2D eigenvalue weighted by Gasteiger charge is -2.38. The van der Waals surface area contributed by atoms with Crippen molar-refractivity contribution in [2.45, 2.75) is 62.9 Å². The molecule has 44 heavy (non-hydrogen) atoms. The third-order valence-corrected chi connectivity index (χ3v) is 7.86. The number of pyridine rings is 1. The van der Waals surface area contributed by atoms with Crippen LogP contribution in [-0.4, -0.2) is 66.3 Å². The molecule has 0 bridgehead atoms. The van der Waals surface area contributed by atoms with E-state index in [9.17, 15) is 27.6 Å². The van der Waals surface area contributed by atoms with E-state index in [4.69, 9.17) is 31.5 Å². The topological polar surface area (TPSA) is 134 Å². The number of carbonyl (C=O) groups is 2. The molecule has 4 rings (SSSR count). The fourth-order valence-corrected chi connectivity index (χ4v) is 5.17. The molecule has 1 fully saturated rings. The molecule has 1 aliphatic carbocycles. The Morgan fingerprint density at radius 1 is 1.18 bits per heavy atom. The van der Waals surface area contributed by atoms with Gasteiger partial charge < -0.3 is 25.3 Å². The number of aliphatic imine (C=N–C) groups is 1. The standard InChI is InChI=1S/C30H34ClF3N4O6/c1-28(11-7-21(26(35)40)36-16-28)37-27(41)22(8-12-44-29(2)9-4-10-29)38-15-24(42-3)20(14-25(38)39)19-13-18(31)5-6-23(19)43-17-30(32,33)34/h5-7,11,13-15,22H,4,8-10,12,16-17H2,1-3H3,(H2,35,40)(H,37,41). The number of halogens is 4. The quantitative estimate of drug-likeness (QED) is 0.354. The fraction of sp³-hybridized carbons (Fsp3) is 0.467. The maximum atomic E-state index is 13.8. The van der Waals surface area contributed by atoms with E-state index < -0.39 is 41.7 Å². The van der Waals surface area contributed by atoms with Gasteiger partial charge in [-0.3, -0.25) is 23.9 Å². The van der Waals surface area contributed by atoms with Crippen LogP contribution in [0.3, 0.4) is 0 Å². The Morgan fingerprint density at radius 3 is 2.45 bits per heavy atom. The highest BCUT2D eigenvalue weighted by Gasteiger charge is 2.35. The van der Waals surface area contributed by atoms with Gasteiger partial charge in [0.1, 0.15) is 23.3 Å². The Balaban J connectivity index is 1.69. The molecular formula is C30H34ClF3N4O6. The highest BCUT2D eigenvalue weighted by atomic mass is 35.5. The van der Waals surface area contributed by atoms with Gasteiger partial charge >= 0.3 is 6.18 Å². The fourth-order valence-electron chi connectivity index (χ4n) is 5.00. The second kappa shape index (κ2) is 13.0. The Kier molecular flexibility index (Phi) is 9.79. The van der Waals surface area contributed by atoms with E-state index in [2.05, 4.69) is 10.3 Å². The molecule has 1 aromatic heterocycles. The van der Waals surface area contributed by atoms with Gasteiger partial charge in [0, 0.05) is 35.2 Å². The zero-order valence-corrected chi connectivity index (χ0v) is 25.3. The van der Waals surface area contributed by atoms with Crippen LogP contribution in [0, 0.1) is 0 Å². The van der Waals surface area contributed by atoms with Crippen LogP contribution in [0.4, 0.5) is 13.2 Å². The zero-order chi connectivity index (χ0) is 32.3. The number of ether oxygens (including phenoxy) is 3. The van der Waals surface area contributed by atoms with E-state index in [1.165, 1.54) is 42.1 Å². The number of hydrogen-bond donors (Lipinski definition) is 2. The minimum absolute atomic E-state index is 0.0431. The summed E-state index contributed by atoms with van der Waals surface area (Å²) in [5.74, 6) is -1.29. The lowest BCUT2D eigenvalue weighted by molar-refractivity contribution is -0.153. The van der Waals surface area contributed by atoms with E-state index in [0.717, 1.165) is 25.3 Å². The molecule has 14 heteroatoms. The molecule has 2 heterocycles. The van der Waals surface area contributed by atoms with E-state index in [0.29, 0.717) is 0 Å². The van der Waals surface area contributed by atoms with Crippen LogP contribution < -0.4 is 26.1 Å². The number of nitrogens with two attached hydrogens (primary N) is 1. The molecule has 238 valence electrons. The van der Waals surface area contributed by atoms with Gasteiger partial charge in [-0.15, -0.1) is 0 Å². The van der Waals surface area contributed by atoms with Gasteiger partial charge in [0.25, 0.3) is 11.5 Å². The van der Waals surface area contributed by atoms with E-state index in [1.807, 2.05) is 6.92 Å². The summed E-state index contributed by atoms with van der Waals surface area (Å²) >= 11 is 6.15. The van der Waals surface area contributed by atoms with Gasteiger partial charge in [-0.1, -0.05) is 17.7 Å². The molecule has 2 aliphatic rings. The average Bonchev–Trinajstić information content (AvgIpc) is 2.93. The van der Waals surface area contributed by atoms with Crippen LogP contribution in [0.25, 0.3) is 11.1 Å².